The zero-order valence-electron chi connectivity index (χ0n) is 21.4. The van der Waals surface area contributed by atoms with Crippen LogP contribution in [-0.2, 0) is 16.6 Å². The Morgan fingerprint density at radius 1 is 1.11 bits per heavy atom. The van der Waals surface area contributed by atoms with Crippen molar-refractivity contribution in [2.24, 2.45) is 16.8 Å². The Kier molecular flexibility index (Phi) is 9.12. The Morgan fingerprint density at radius 3 is 2.31 bits per heavy atom. The Balaban J connectivity index is 1.98. The first-order valence-electron chi connectivity index (χ1n) is 12.0. The van der Waals surface area contributed by atoms with E-state index >= 15 is 0 Å². The standard InChI is InChI=1S/C27H33N3O4S2/c1-7-16-30-25-23(34-8-2)10-9-11-24(25)35-27(30)28-26(31)21-12-14-22(15-13-21)36(32,33)29(17-19(3)4)18-20(5)6/h1,9-15,19-20H,8,16-18H2,2-6H3. The Bertz CT molecular complexity index is 1420. The molecule has 192 valence electrons. The third kappa shape index (κ3) is 6.25. The summed E-state index contributed by atoms with van der Waals surface area (Å²) in [7, 11) is -3.68. The number of carbonyl (C=O) groups excluding carboxylic acids is 1. The molecule has 3 aromatic rings. The van der Waals surface area contributed by atoms with E-state index in [-0.39, 0.29) is 23.3 Å². The molecule has 36 heavy (non-hydrogen) atoms. The molecule has 0 aliphatic rings. The molecular formula is C27H33N3O4S2. The molecule has 0 unspecified atom stereocenters. The van der Waals surface area contributed by atoms with Crippen molar-refractivity contribution in [3.8, 4) is 18.1 Å². The average molecular weight is 528 g/mol. The van der Waals surface area contributed by atoms with Gasteiger partial charge in [-0.15, -0.1) is 6.42 Å². The van der Waals surface area contributed by atoms with Gasteiger partial charge >= 0.3 is 0 Å². The lowest BCUT2D eigenvalue weighted by Gasteiger charge is -2.25. The Hall–Kier alpha value is -2.93. The first-order chi connectivity index (χ1) is 17.1. The van der Waals surface area contributed by atoms with Crippen molar-refractivity contribution in [1.29, 1.82) is 0 Å². The van der Waals surface area contributed by atoms with Crippen LogP contribution in [0.3, 0.4) is 0 Å². The molecule has 0 radical (unpaired) electrons. The number of thiazole rings is 1. The van der Waals surface area contributed by atoms with E-state index in [2.05, 4.69) is 10.9 Å². The summed E-state index contributed by atoms with van der Waals surface area (Å²) in [4.78, 5) is 18.0. The minimum absolute atomic E-state index is 0.158. The molecular weight excluding hydrogens is 494 g/mol. The van der Waals surface area contributed by atoms with Gasteiger partial charge < -0.3 is 9.30 Å². The van der Waals surface area contributed by atoms with Crippen molar-refractivity contribution in [3.05, 3.63) is 52.8 Å². The average Bonchev–Trinajstić information content (AvgIpc) is 3.16. The predicted molar refractivity (Wildman–Crippen MR) is 145 cm³/mol. The van der Waals surface area contributed by atoms with Crippen LogP contribution in [0.15, 0.2) is 52.4 Å². The number of ether oxygens (including phenoxy) is 1. The number of hydrogen-bond donors (Lipinski definition) is 0. The number of para-hydroxylation sites is 1. The van der Waals surface area contributed by atoms with Gasteiger partial charge in [-0.1, -0.05) is 51.0 Å². The molecule has 1 amide bonds. The predicted octanol–water partition coefficient (Wildman–Crippen LogP) is 4.78. The molecule has 0 bridgehead atoms. The zero-order valence-corrected chi connectivity index (χ0v) is 23.0. The lowest BCUT2D eigenvalue weighted by Crippen LogP contribution is -2.37. The normalized spacial score (nSPS) is 12.6. The number of amides is 1. The van der Waals surface area contributed by atoms with Gasteiger partial charge in [0.05, 0.1) is 22.7 Å². The summed E-state index contributed by atoms with van der Waals surface area (Å²) < 4.78 is 36.5. The van der Waals surface area contributed by atoms with E-state index in [1.54, 1.807) is 4.57 Å². The molecule has 3 rings (SSSR count). The van der Waals surface area contributed by atoms with Gasteiger partial charge in [0, 0.05) is 18.7 Å². The summed E-state index contributed by atoms with van der Waals surface area (Å²) in [5.41, 5.74) is 1.09. The number of benzene rings is 2. The highest BCUT2D eigenvalue weighted by Crippen LogP contribution is 2.27. The summed E-state index contributed by atoms with van der Waals surface area (Å²) in [6.45, 7) is 11.5. The number of terminal acetylenes is 1. The van der Waals surface area contributed by atoms with E-state index in [4.69, 9.17) is 11.2 Å². The van der Waals surface area contributed by atoms with Gasteiger partial charge in [-0.3, -0.25) is 4.79 Å². The zero-order chi connectivity index (χ0) is 26.5. The molecule has 0 aliphatic carbocycles. The molecule has 1 aromatic heterocycles. The summed E-state index contributed by atoms with van der Waals surface area (Å²) in [5.74, 6) is 3.20. The van der Waals surface area contributed by atoms with E-state index in [9.17, 15) is 13.2 Å². The number of carbonyl (C=O) groups is 1. The summed E-state index contributed by atoms with van der Waals surface area (Å²) >= 11 is 1.35. The Labute approximate surface area is 217 Å². The second-order valence-electron chi connectivity index (χ2n) is 9.26. The second-order valence-corrected chi connectivity index (χ2v) is 12.2. The lowest BCUT2D eigenvalue weighted by atomic mass is 10.2. The second kappa shape index (κ2) is 11.9. The Morgan fingerprint density at radius 2 is 1.75 bits per heavy atom. The molecule has 0 saturated heterocycles. The smallest absolute Gasteiger partial charge is 0.279 e. The van der Waals surface area contributed by atoms with Gasteiger partial charge in [-0.05, 0) is 55.2 Å². The van der Waals surface area contributed by atoms with Crippen LogP contribution in [-0.4, -0.2) is 42.9 Å². The van der Waals surface area contributed by atoms with Gasteiger partial charge in [0.1, 0.15) is 11.3 Å². The van der Waals surface area contributed by atoms with Crippen LogP contribution >= 0.6 is 11.3 Å². The van der Waals surface area contributed by atoms with E-state index in [0.717, 1.165) is 10.2 Å². The molecule has 2 aromatic carbocycles. The van der Waals surface area contributed by atoms with Crippen LogP contribution in [0.2, 0.25) is 0 Å². The minimum Gasteiger partial charge on any atom is -0.492 e. The molecule has 0 atom stereocenters. The van der Waals surface area contributed by atoms with Crippen LogP contribution in [0.5, 0.6) is 5.75 Å². The highest BCUT2D eigenvalue weighted by molar-refractivity contribution is 7.89. The SMILES string of the molecule is C#CCn1c(=NC(=O)c2ccc(S(=O)(=O)N(CC(C)C)CC(C)C)cc2)sc2cccc(OCC)c21. The van der Waals surface area contributed by atoms with Gasteiger partial charge in [-0.2, -0.15) is 9.30 Å². The quantitative estimate of drug-likeness (QED) is 0.356. The third-order valence-corrected chi connectivity index (χ3v) is 8.18. The van der Waals surface area contributed by atoms with Crippen molar-refractivity contribution >= 4 is 37.5 Å². The fraction of sp³-hybridized carbons (Fsp3) is 0.407. The van der Waals surface area contributed by atoms with E-state index < -0.39 is 15.9 Å². The van der Waals surface area contributed by atoms with Crippen molar-refractivity contribution in [2.75, 3.05) is 19.7 Å². The third-order valence-electron chi connectivity index (χ3n) is 5.29. The number of sulfonamides is 1. The maximum Gasteiger partial charge on any atom is 0.279 e. The summed E-state index contributed by atoms with van der Waals surface area (Å²) in [6, 6.07) is 11.6. The van der Waals surface area contributed by atoms with Crippen LogP contribution in [0, 0.1) is 24.2 Å². The first-order valence-corrected chi connectivity index (χ1v) is 14.2. The molecule has 0 fully saturated rings. The van der Waals surface area contributed by atoms with Gasteiger partial charge in [-0.25, -0.2) is 8.42 Å². The highest BCUT2D eigenvalue weighted by atomic mass is 32.2. The topological polar surface area (TPSA) is 81.0 Å². The largest absolute Gasteiger partial charge is 0.492 e. The number of rotatable bonds is 10. The van der Waals surface area contributed by atoms with E-state index in [1.807, 2.05) is 52.8 Å². The lowest BCUT2D eigenvalue weighted by molar-refractivity contribution is 0.0997. The van der Waals surface area contributed by atoms with Gasteiger partial charge in [0.15, 0.2) is 4.80 Å². The van der Waals surface area contributed by atoms with Crippen LogP contribution in [0.4, 0.5) is 0 Å². The van der Waals surface area contributed by atoms with Crippen LogP contribution in [0.1, 0.15) is 45.0 Å². The first kappa shape index (κ1) is 27.7. The number of hydrogen-bond acceptors (Lipinski definition) is 5. The van der Waals surface area contributed by atoms with Crippen molar-refractivity contribution < 1.29 is 17.9 Å². The molecule has 0 spiro atoms. The fourth-order valence-corrected chi connectivity index (χ4v) is 6.66. The maximum atomic E-state index is 13.3. The van der Waals surface area contributed by atoms with E-state index in [1.165, 1.54) is 39.9 Å². The fourth-order valence-electron chi connectivity index (χ4n) is 3.85. The molecule has 0 N–H and O–H groups in total. The number of fused-ring (bicyclic) bond motifs is 1. The van der Waals surface area contributed by atoms with Crippen molar-refractivity contribution in [1.82, 2.24) is 8.87 Å². The minimum atomic E-state index is -3.68. The molecule has 0 aliphatic heterocycles. The van der Waals surface area contributed by atoms with Crippen LogP contribution < -0.4 is 9.54 Å². The van der Waals surface area contributed by atoms with E-state index in [0.29, 0.717) is 35.8 Å². The van der Waals surface area contributed by atoms with Gasteiger partial charge in [0.25, 0.3) is 5.91 Å². The van der Waals surface area contributed by atoms with Crippen molar-refractivity contribution in [2.45, 2.75) is 46.1 Å². The number of aromatic nitrogens is 1. The molecule has 1 heterocycles. The van der Waals surface area contributed by atoms with Gasteiger partial charge in [0.2, 0.25) is 10.0 Å². The molecule has 0 saturated carbocycles. The summed E-state index contributed by atoms with van der Waals surface area (Å²) in [6.07, 6.45) is 5.59. The van der Waals surface area contributed by atoms with Crippen LogP contribution in [0.25, 0.3) is 10.2 Å². The van der Waals surface area contributed by atoms with Crippen molar-refractivity contribution in [3.63, 3.8) is 0 Å². The summed E-state index contributed by atoms with van der Waals surface area (Å²) in [5, 5.41) is 0. The maximum absolute atomic E-state index is 13.3. The monoisotopic (exact) mass is 527 g/mol. The highest BCUT2D eigenvalue weighted by Gasteiger charge is 2.26. The number of nitrogens with zero attached hydrogens (tertiary/aromatic N) is 3. The molecule has 7 nitrogen and oxygen atoms in total. The molecule has 9 heteroatoms.